The predicted octanol–water partition coefficient (Wildman–Crippen LogP) is 4.05. The average molecular weight is 416 g/mol. The van der Waals surface area contributed by atoms with Crippen molar-refractivity contribution in [2.75, 3.05) is 7.11 Å². The van der Waals surface area contributed by atoms with E-state index in [2.05, 4.69) is 15.0 Å². The number of aromatic nitrogens is 2. The summed E-state index contributed by atoms with van der Waals surface area (Å²) in [6, 6.07) is 14.3. The summed E-state index contributed by atoms with van der Waals surface area (Å²) < 4.78 is 16.6. The Labute approximate surface area is 172 Å². The number of carbonyl (C=O) groups is 1. The summed E-state index contributed by atoms with van der Waals surface area (Å²) in [4.78, 5) is 36.0. The maximum atomic E-state index is 12.6. The Balaban J connectivity index is 1.76. The zero-order valence-corrected chi connectivity index (χ0v) is 15.9. The number of non-ortho nitro benzene ring substituents is 1. The molecule has 0 spiro atoms. The lowest BCUT2D eigenvalue weighted by Gasteiger charge is -2.05. The Morgan fingerprint density at radius 3 is 2.55 bits per heavy atom. The number of oxazole rings is 1. The van der Waals surface area contributed by atoms with Crippen LogP contribution in [-0.2, 0) is 4.74 Å². The van der Waals surface area contributed by atoms with Gasteiger partial charge in [-0.3, -0.25) is 10.1 Å². The standard InChI is InChI=1S/C21H12N4O6/c1-29-20(26)17-18-16(10-14-19(17)30-15-5-3-2-4-13(15)23-14)31-21(24-18)22-11-6-8-12(9-7-11)25(27)28/h2-10H,1H3. The van der Waals surface area contributed by atoms with Gasteiger partial charge < -0.3 is 13.6 Å². The van der Waals surface area contributed by atoms with E-state index < -0.39 is 10.9 Å². The van der Waals surface area contributed by atoms with Gasteiger partial charge in [-0.1, -0.05) is 12.1 Å². The molecule has 0 fully saturated rings. The first-order chi connectivity index (χ1) is 15.0. The summed E-state index contributed by atoms with van der Waals surface area (Å²) in [5.74, 6) is -0.661. The number of esters is 1. The lowest BCUT2D eigenvalue weighted by atomic mass is 10.1. The van der Waals surface area contributed by atoms with Crippen LogP contribution in [0.3, 0.4) is 0 Å². The largest absolute Gasteiger partial charge is 0.465 e. The van der Waals surface area contributed by atoms with Crippen LogP contribution in [0.2, 0.25) is 0 Å². The molecule has 31 heavy (non-hydrogen) atoms. The van der Waals surface area contributed by atoms with Crippen LogP contribution in [0.25, 0.3) is 33.3 Å². The van der Waals surface area contributed by atoms with Gasteiger partial charge in [0.1, 0.15) is 22.1 Å². The predicted molar refractivity (Wildman–Crippen MR) is 109 cm³/mol. The molecule has 0 aliphatic carbocycles. The molecule has 2 aromatic heterocycles. The van der Waals surface area contributed by atoms with E-state index in [9.17, 15) is 14.9 Å². The molecule has 0 aliphatic rings. The van der Waals surface area contributed by atoms with E-state index in [0.717, 1.165) is 0 Å². The lowest BCUT2D eigenvalue weighted by Crippen LogP contribution is -2.05. The summed E-state index contributed by atoms with van der Waals surface area (Å²) in [5.41, 5.74) is 2.57. The zero-order valence-electron chi connectivity index (χ0n) is 15.9. The molecule has 152 valence electrons. The van der Waals surface area contributed by atoms with Crippen LogP contribution in [0.1, 0.15) is 10.4 Å². The second-order valence-corrected chi connectivity index (χ2v) is 6.50. The Morgan fingerprint density at radius 1 is 1.03 bits per heavy atom. The first kappa shape index (κ1) is 18.4. The van der Waals surface area contributed by atoms with Crippen molar-refractivity contribution in [1.82, 2.24) is 9.97 Å². The smallest absolute Gasteiger partial charge is 0.344 e. The highest BCUT2D eigenvalue weighted by molar-refractivity contribution is 6.12. The van der Waals surface area contributed by atoms with Crippen LogP contribution in [0.15, 0.2) is 68.4 Å². The minimum absolute atomic E-state index is 0.0335. The van der Waals surface area contributed by atoms with Crippen molar-refractivity contribution < 1.29 is 23.3 Å². The minimum atomic E-state index is -0.661. The highest BCUT2D eigenvalue weighted by Crippen LogP contribution is 2.29. The molecule has 0 aliphatic heterocycles. The Morgan fingerprint density at radius 2 is 1.81 bits per heavy atom. The number of nitro groups is 1. The molecule has 5 aromatic rings. The Kier molecular flexibility index (Phi) is 4.18. The van der Waals surface area contributed by atoms with Crippen molar-refractivity contribution in [2.45, 2.75) is 0 Å². The molecular weight excluding hydrogens is 404 g/mol. The third kappa shape index (κ3) is 3.15. The van der Waals surface area contributed by atoms with Gasteiger partial charge in [-0.15, -0.1) is 0 Å². The first-order valence-corrected chi connectivity index (χ1v) is 9.04. The maximum Gasteiger partial charge on any atom is 0.344 e. The molecule has 10 nitrogen and oxygen atoms in total. The third-order valence-corrected chi connectivity index (χ3v) is 4.60. The summed E-state index contributed by atoms with van der Waals surface area (Å²) in [6.07, 6.45) is 0. The minimum Gasteiger partial charge on any atom is -0.465 e. The van der Waals surface area contributed by atoms with Crippen LogP contribution in [0.4, 0.5) is 11.4 Å². The summed E-state index contributed by atoms with van der Waals surface area (Å²) in [6.45, 7) is 0. The summed E-state index contributed by atoms with van der Waals surface area (Å²) >= 11 is 0. The van der Waals surface area contributed by atoms with E-state index in [-0.39, 0.29) is 33.6 Å². The fraction of sp³-hybridized carbons (Fsp3) is 0.0476. The van der Waals surface area contributed by atoms with Crippen LogP contribution < -0.4 is 5.68 Å². The van der Waals surface area contributed by atoms with Crippen LogP contribution >= 0.6 is 0 Å². The number of methoxy groups -OCH3 is 1. The quantitative estimate of drug-likeness (QED) is 0.186. The van der Waals surface area contributed by atoms with E-state index in [0.29, 0.717) is 22.3 Å². The van der Waals surface area contributed by atoms with Gasteiger partial charge in [-0.2, -0.15) is 9.98 Å². The molecule has 0 N–H and O–H groups in total. The number of carbonyl (C=O) groups excluding carboxylic acids is 1. The van der Waals surface area contributed by atoms with Crippen molar-refractivity contribution >= 4 is 50.6 Å². The maximum absolute atomic E-state index is 12.6. The molecule has 5 rings (SSSR count). The number of ether oxygens (including phenoxy) is 1. The molecule has 0 bridgehead atoms. The van der Waals surface area contributed by atoms with Crippen molar-refractivity contribution in [3.8, 4) is 0 Å². The van der Waals surface area contributed by atoms with Crippen LogP contribution in [0.5, 0.6) is 0 Å². The van der Waals surface area contributed by atoms with Gasteiger partial charge in [-0.25, -0.2) is 9.78 Å². The highest BCUT2D eigenvalue weighted by Gasteiger charge is 2.23. The topological polar surface area (TPSA) is 134 Å². The van der Waals surface area contributed by atoms with Crippen molar-refractivity contribution in [3.05, 3.63) is 76.0 Å². The van der Waals surface area contributed by atoms with E-state index >= 15 is 0 Å². The molecule has 3 aromatic carbocycles. The Bertz CT molecular complexity index is 1570. The number of benzene rings is 3. The number of hydrogen-bond donors (Lipinski definition) is 0. The van der Waals surface area contributed by atoms with Gasteiger partial charge >= 0.3 is 11.7 Å². The van der Waals surface area contributed by atoms with E-state index in [1.807, 2.05) is 6.07 Å². The van der Waals surface area contributed by atoms with Gasteiger partial charge in [0.15, 0.2) is 16.7 Å². The van der Waals surface area contributed by atoms with E-state index in [1.165, 1.54) is 31.4 Å². The number of nitro benzene ring substituents is 1. The van der Waals surface area contributed by atoms with Crippen molar-refractivity contribution in [3.63, 3.8) is 0 Å². The van der Waals surface area contributed by atoms with Gasteiger partial charge in [0.25, 0.3) is 5.69 Å². The fourth-order valence-electron chi connectivity index (χ4n) is 3.18. The Hall–Kier alpha value is -4.60. The number of rotatable bonds is 3. The monoisotopic (exact) mass is 416 g/mol. The van der Waals surface area contributed by atoms with Crippen molar-refractivity contribution in [2.24, 2.45) is 4.99 Å². The summed E-state index contributed by atoms with van der Waals surface area (Å²) in [5, 5.41) is 10.8. The SMILES string of the molecule is COC(=O)c1c2nc(=Nc3ccc([N+](=O)[O-])cc3)oc2cc2nc3ccccc3oc12. The van der Waals surface area contributed by atoms with Gasteiger partial charge in [0.05, 0.1) is 17.7 Å². The molecule has 2 heterocycles. The second kappa shape index (κ2) is 7.02. The number of nitrogens with zero attached hydrogens (tertiary/aromatic N) is 4. The third-order valence-electron chi connectivity index (χ3n) is 4.60. The molecule has 10 heteroatoms. The normalized spacial score (nSPS) is 12.0. The molecule has 0 unspecified atom stereocenters. The van der Waals surface area contributed by atoms with Gasteiger partial charge in [0.2, 0.25) is 0 Å². The molecular formula is C21H12N4O6. The highest BCUT2D eigenvalue weighted by atomic mass is 16.6. The number of hydrogen-bond acceptors (Lipinski definition) is 9. The molecule has 0 amide bonds. The average Bonchev–Trinajstić information content (AvgIpc) is 3.17. The fourth-order valence-corrected chi connectivity index (χ4v) is 3.18. The first-order valence-electron chi connectivity index (χ1n) is 9.04. The second-order valence-electron chi connectivity index (χ2n) is 6.50. The number of para-hydroxylation sites is 2. The van der Waals surface area contributed by atoms with Crippen molar-refractivity contribution in [1.29, 1.82) is 0 Å². The van der Waals surface area contributed by atoms with Crippen LogP contribution in [0, 0.1) is 10.1 Å². The van der Waals surface area contributed by atoms with Gasteiger partial charge in [0, 0.05) is 18.2 Å². The molecule has 0 atom stereocenters. The van der Waals surface area contributed by atoms with Crippen LogP contribution in [-0.4, -0.2) is 28.0 Å². The zero-order chi connectivity index (χ0) is 21.5. The summed E-state index contributed by atoms with van der Waals surface area (Å²) in [7, 11) is 1.25. The number of fused-ring (bicyclic) bond motifs is 3. The molecule has 0 radical (unpaired) electrons. The molecule has 0 saturated heterocycles. The van der Waals surface area contributed by atoms with Gasteiger partial charge in [-0.05, 0) is 24.3 Å². The van der Waals surface area contributed by atoms with E-state index in [1.54, 1.807) is 24.3 Å². The van der Waals surface area contributed by atoms with E-state index in [4.69, 9.17) is 13.6 Å². The molecule has 0 saturated carbocycles. The lowest BCUT2D eigenvalue weighted by molar-refractivity contribution is -0.384.